The van der Waals surface area contributed by atoms with E-state index in [0.29, 0.717) is 6.61 Å². The van der Waals surface area contributed by atoms with Crippen LogP contribution in [0.2, 0.25) is 0 Å². The maximum atomic E-state index is 11.0. The highest BCUT2D eigenvalue weighted by Crippen LogP contribution is 2.21. The van der Waals surface area contributed by atoms with Crippen LogP contribution >= 0.6 is 0 Å². The highest BCUT2D eigenvalue weighted by molar-refractivity contribution is 5.66. The zero-order valence-corrected chi connectivity index (χ0v) is 9.73. The average molecular weight is 217 g/mol. The Bertz CT molecular complexity index is 219. The van der Waals surface area contributed by atoms with Crippen LogP contribution in [0, 0.1) is 0 Å². The third-order valence-corrected chi connectivity index (χ3v) is 2.54. The molecule has 1 aliphatic rings. The predicted molar refractivity (Wildman–Crippen MR) is 54.4 cm³/mol. The van der Waals surface area contributed by atoms with Gasteiger partial charge in [0.2, 0.25) is 0 Å². The Balaban J connectivity index is 2.71. The van der Waals surface area contributed by atoms with Crippen molar-refractivity contribution >= 4 is 5.97 Å². The van der Waals surface area contributed by atoms with Gasteiger partial charge in [-0.2, -0.15) is 0 Å². The van der Waals surface area contributed by atoms with Crippen LogP contribution in [-0.2, 0) is 19.0 Å². The lowest BCUT2D eigenvalue weighted by Gasteiger charge is -2.39. The van der Waals surface area contributed by atoms with Crippen molar-refractivity contribution in [3.63, 3.8) is 0 Å². The number of hydrogen-bond donors (Lipinski definition) is 0. The Kier molecular flexibility index (Phi) is 4.50. The topological polar surface area (TPSA) is 48.0 Å². The molecule has 0 saturated carbocycles. The summed E-state index contributed by atoms with van der Waals surface area (Å²) in [5.41, 5.74) is 0. The van der Waals surface area contributed by atoms with Crippen molar-refractivity contribution in [2.75, 3.05) is 27.8 Å². The molecule has 0 aromatic rings. The van der Waals surface area contributed by atoms with Crippen molar-refractivity contribution in [1.82, 2.24) is 4.90 Å². The molecule has 1 heterocycles. The summed E-state index contributed by atoms with van der Waals surface area (Å²) >= 11 is 0. The lowest BCUT2D eigenvalue weighted by Crippen LogP contribution is -2.53. The Labute approximate surface area is 90.3 Å². The van der Waals surface area contributed by atoms with Crippen LogP contribution in [-0.4, -0.2) is 57.1 Å². The van der Waals surface area contributed by atoms with Gasteiger partial charge < -0.3 is 19.1 Å². The molecule has 0 aromatic heterocycles. The van der Waals surface area contributed by atoms with Gasteiger partial charge in [0.15, 0.2) is 12.4 Å². The monoisotopic (exact) mass is 217 g/mol. The summed E-state index contributed by atoms with van der Waals surface area (Å²) in [7, 11) is 5.47. The van der Waals surface area contributed by atoms with E-state index in [1.54, 1.807) is 7.11 Å². The highest BCUT2D eigenvalue weighted by Gasteiger charge is 2.38. The molecule has 15 heavy (non-hydrogen) atoms. The molecule has 0 amide bonds. The standard InChI is InChI=1S/C10H19NO4/c1-7(12)15-9-8(11(2)3)5-6-14-10(9)13-4/h8-10H,5-6H2,1-4H3/t8-,9-,10-/m1/s1. The van der Waals surface area contributed by atoms with Crippen LogP contribution in [0.4, 0.5) is 0 Å². The first-order chi connectivity index (χ1) is 7.06. The first-order valence-corrected chi connectivity index (χ1v) is 5.04. The van der Waals surface area contributed by atoms with E-state index in [1.165, 1.54) is 6.92 Å². The van der Waals surface area contributed by atoms with E-state index in [1.807, 2.05) is 19.0 Å². The van der Waals surface area contributed by atoms with Crippen molar-refractivity contribution in [3.05, 3.63) is 0 Å². The van der Waals surface area contributed by atoms with Crippen LogP contribution < -0.4 is 0 Å². The number of methoxy groups -OCH3 is 1. The van der Waals surface area contributed by atoms with Crippen molar-refractivity contribution in [1.29, 1.82) is 0 Å². The molecule has 0 unspecified atom stereocenters. The van der Waals surface area contributed by atoms with Crippen molar-refractivity contribution in [3.8, 4) is 0 Å². The van der Waals surface area contributed by atoms with Crippen LogP contribution in [0.1, 0.15) is 13.3 Å². The van der Waals surface area contributed by atoms with E-state index >= 15 is 0 Å². The molecular formula is C10H19NO4. The summed E-state index contributed by atoms with van der Waals surface area (Å²) in [6.07, 6.45) is 0.0245. The number of ether oxygens (including phenoxy) is 3. The van der Waals surface area contributed by atoms with Crippen molar-refractivity contribution < 1.29 is 19.0 Å². The van der Waals surface area contributed by atoms with Crippen LogP contribution in [0.3, 0.4) is 0 Å². The van der Waals surface area contributed by atoms with Gasteiger partial charge in [0.25, 0.3) is 0 Å². The first kappa shape index (κ1) is 12.4. The predicted octanol–water partition coefficient (Wildman–Crippen LogP) is 0.241. The number of hydrogen-bond acceptors (Lipinski definition) is 5. The fraction of sp³-hybridized carbons (Fsp3) is 0.900. The van der Waals surface area contributed by atoms with E-state index in [4.69, 9.17) is 14.2 Å². The molecule has 1 fully saturated rings. The second-order valence-electron chi connectivity index (χ2n) is 3.87. The average Bonchev–Trinajstić information content (AvgIpc) is 2.16. The number of nitrogens with zero attached hydrogens (tertiary/aromatic N) is 1. The lowest BCUT2D eigenvalue weighted by molar-refractivity contribution is -0.231. The van der Waals surface area contributed by atoms with Crippen LogP contribution in [0.15, 0.2) is 0 Å². The molecule has 0 spiro atoms. The van der Waals surface area contributed by atoms with Gasteiger partial charge in [-0.25, -0.2) is 0 Å². The van der Waals surface area contributed by atoms with Gasteiger partial charge in [0.1, 0.15) is 0 Å². The molecule has 0 N–H and O–H groups in total. The molecule has 5 heteroatoms. The van der Waals surface area contributed by atoms with E-state index in [2.05, 4.69) is 0 Å². The fourth-order valence-electron chi connectivity index (χ4n) is 1.83. The van der Waals surface area contributed by atoms with Crippen molar-refractivity contribution in [2.24, 2.45) is 0 Å². The minimum Gasteiger partial charge on any atom is -0.455 e. The Morgan fingerprint density at radius 1 is 1.47 bits per heavy atom. The highest BCUT2D eigenvalue weighted by atomic mass is 16.7. The Morgan fingerprint density at radius 2 is 2.13 bits per heavy atom. The molecule has 1 saturated heterocycles. The minimum absolute atomic E-state index is 0.146. The summed E-state index contributed by atoms with van der Waals surface area (Å²) in [6, 6.07) is 0.146. The van der Waals surface area contributed by atoms with E-state index < -0.39 is 6.29 Å². The van der Waals surface area contributed by atoms with E-state index in [-0.39, 0.29) is 18.1 Å². The molecule has 1 rings (SSSR count). The fourth-order valence-corrected chi connectivity index (χ4v) is 1.83. The SMILES string of the molecule is CO[C@@H]1OCC[C@@H](N(C)C)[C@H]1OC(C)=O. The van der Waals surface area contributed by atoms with E-state index in [0.717, 1.165) is 6.42 Å². The summed E-state index contributed by atoms with van der Waals surface area (Å²) in [6.45, 7) is 2.02. The molecule has 3 atom stereocenters. The third-order valence-electron chi connectivity index (χ3n) is 2.54. The van der Waals surface area contributed by atoms with Gasteiger partial charge in [0.05, 0.1) is 12.6 Å². The quantitative estimate of drug-likeness (QED) is 0.634. The third kappa shape index (κ3) is 3.15. The second-order valence-corrected chi connectivity index (χ2v) is 3.87. The summed E-state index contributed by atoms with van der Waals surface area (Å²) < 4.78 is 15.8. The largest absolute Gasteiger partial charge is 0.455 e. The summed E-state index contributed by atoms with van der Waals surface area (Å²) in [4.78, 5) is 13.0. The Hall–Kier alpha value is -0.650. The zero-order valence-electron chi connectivity index (χ0n) is 9.73. The summed E-state index contributed by atoms with van der Waals surface area (Å²) in [5.74, 6) is -0.306. The maximum absolute atomic E-state index is 11.0. The van der Waals surface area contributed by atoms with Gasteiger partial charge in [0, 0.05) is 14.0 Å². The van der Waals surface area contributed by atoms with Crippen LogP contribution in [0.5, 0.6) is 0 Å². The number of carbonyl (C=O) groups excluding carboxylic acids is 1. The first-order valence-electron chi connectivity index (χ1n) is 5.04. The van der Waals surface area contributed by atoms with Crippen molar-refractivity contribution in [2.45, 2.75) is 31.8 Å². The lowest BCUT2D eigenvalue weighted by atomic mass is 10.0. The molecule has 0 bridgehead atoms. The molecular weight excluding hydrogens is 198 g/mol. The Morgan fingerprint density at radius 3 is 2.60 bits per heavy atom. The minimum atomic E-state index is -0.463. The van der Waals surface area contributed by atoms with Gasteiger partial charge in [-0.3, -0.25) is 4.79 Å². The van der Waals surface area contributed by atoms with Gasteiger partial charge in [-0.1, -0.05) is 0 Å². The zero-order chi connectivity index (χ0) is 11.4. The van der Waals surface area contributed by atoms with Gasteiger partial charge in [-0.05, 0) is 20.5 Å². The van der Waals surface area contributed by atoms with Gasteiger partial charge in [-0.15, -0.1) is 0 Å². The molecule has 0 aliphatic carbocycles. The number of rotatable bonds is 3. The normalized spacial score (nSPS) is 31.7. The van der Waals surface area contributed by atoms with Gasteiger partial charge >= 0.3 is 5.97 Å². The van der Waals surface area contributed by atoms with E-state index in [9.17, 15) is 4.79 Å². The number of carbonyl (C=O) groups is 1. The molecule has 0 radical (unpaired) electrons. The molecule has 88 valence electrons. The summed E-state index contributed by atoms with van der Waals surface area (Å²) in [5, 5.41) is 0. The molecule has 0 aromatic carbocycles. The maximum Gasteiger partial charge on any atom is 0.303 e. The molecule has 1 aliphatic heterocycles. The molecule has 5 nitrogen and oxygen atoms in total. The second kappa shape index (κ2) is 5.44. The van der Waals surface area contributed by atoms with Crippen LogP contribution in [0.25, 0.3) is 0 Å². The number of likely N-dealkylation sites (N-methyl/N-ethyl adjacent to an activating group) is 1. The smallest absolute Gasteiger partial charge is 0.303 e. The number of esters is 1.